The van der Waals surface area contributed by atoms with Crippen molar-refractivity contribution in [3.05, 3.63) is 29.8 Å². The lowest BCUT2D eigenvalue weighted by Crippen LogP contribution is -2.36. The summed E-state index contributed by atoms with van der Waals surface area (Å²) in [5.41, 5.74) is 7.91. The van der Waals surface area contributed by atoms with Crippen LogP contribution in [0.4, 0.5) is 5.69 Å². The molecule has 0 atom stereocenters. The lowest BCUT2D eigenvalue weighted by atomic mass is 9.96. The van der Waals surface area contributed by atoms with E-state index in [1.807, 2.05) is 12.1 Å². The summed E-state index contributed by atoms with van der Waals surface area (Å²) in [5.74, 6) is 0.466. The van der Waals surface area contributed by atoms with Crippen LogP contribution in [0.1, 0.15) is 18.4 Å². The van der Waals surface area contributed by atoms with Gasteiger partial charge in [-0.1, -0.05) is 12.1 Å². The van der Waals surface area contributed by atoms with E-state index in [2.05, 4.69) is 17.0 Å². The fourth-order valence-corrected chi connectivity index (χ4v) is 2.53. The number of carbonyl (C=O) groups is 1. The fraction of sp³-hybridized carbons (Fsp3) is 0.533. The smallest absolute Gasteiger partial charge is 0.309 e. The Hall–Kier alpha value is -1.55. The fourth-order valence-electron chi connectivity index (χ4n) is 2.53. The van der Waals surface area contributed by atoms with Crippen molar-refractivity contribution in [1.29, 1.82) is 0 Å². The molecule has 1 heterocycles. The van der Waals surface area contributed by atoms with Gasteiger partial charge in [-0.05, 0) is 43.0 Å². The number of esters is 1. The topological polar surface area (TPSA) is 55.6 Å². The first kappa shape index (κ1) is 13.9. The van der Waals surface area contributed by atoms with Gasteiger partial charge in [-0.2, -0.15) is 0 Å². The third kappa shape index (κ3) is 3.70. The quantitative estimate of drug-likeness (QED) is 0.837. The first-order valence-electron chi connectivity index (χ1n) is 6.83. The highest BCUT2D eigenvalue weighted by Gasteiger charge is 2.18. The monoisotopic (exact) mass is 262 g/mol. The number of rotatable bonds is 4. The van der Waals surface area contributed by atoms with E-state index < -0.39 is 0 Å². The predicted molar refractivity (Wildman–Crippen MR) is 76.2 cm³/mol. The van der Waals surface area contributed by atoms with E-state index in [-0.39, 0.29) is 5.97 Å². The molecule has 0 saturated carbocycles. The minimum absolute atomic E-state index is 0.195. The number of ether oxygens (including phenoxy) is 1. The molecular weight excluding hydrogens is 240 g/mol. The Kier molecular flexibility index (Phi) is 4.80. The third-order valence-corrected chi connectivity index (χ3v) is 3.80. The first-order valence-corrected chi connectivity index (χ1v) is 6.83. The molecule has 1 aliphatic heterocycles. The van der Waals surface area contributed by atoms with Gasteiger partial charge in [0.2, 0.25) is 0 Å². The Bertz CT molecular complexity index is 426. The van der Waals surface area contributed by atoms with E-state index in [9.17, 15) is 4.79 Å². The van der Waals surface area contributed by atoms with Crippen molar-refractivity contribution in [1.82, 2.24) is 0 Å². The number of hydrogen-bond acceptors (Lipinski definition) is 4. The minimum atomic E-state index is -0.195. The zero-order chi connectivity index (χ0) is 13.7. The maximum Gasteiger partial charge on any atom is 0.309 e. The molecule has 4 nitrogen and oxygen atoms in total. The molecule has 0 amide bonds. The van der Waals surface area contributed by atoms with Crippen LogP contribution >= 0.6 is 0 Å². The number of nitrogens with zero attached hydrogens (tertiary/aromatic N) is 1. The largest absolute Gasteiger partial charge is 0.469 e. The second-order valence-electron chi connectivity index (χ2n) is 5.09. The second-order valence-corrected chi connectivity index (χ2v) is 5.09. The zero-order valence-corrected chi connectivity index (χ0v) is 11.5. The van der Waals surface area contributed by atoms with Gasteiger partial charge in [-0.25, -0.2) is 0 Å². The number of benzene rings is 1. The molecule has 0 radical (unpaired) electrons. The van der Waals surface area contributed by atoms with E-state index in [1.54, 1.807) is 0 Å². The highest BCUT2D eigenvalue weighted by molar-refractivity contribution is 5.73. The summed E-state index contributed by atoms with van der Waals surface area (Å²) in [6.45, 7) is 2.88. The number of piperidine rings is 1. The minimum Gasteiger partial charge on any atom is -0.469 e. The molecule has 0 aromatic heterocycles. The number of anilines is 1. The summed E-state index contributed by atoms with van der Waals surface area (Å²) in [6.07, 6.45) is 2.64. The predicted octanol–water partition coefficient (Wildman–Crippen LogP) is 1.58. The van der Waals surface area contributed by atoms with Gasteiger partial charge in [0.1, 0.15) is 0 Å². The average Bonchev–Trinajstić information content (AvgIpc) is 2.47. The van der Waals surface area contributed by atoms with E-state index in [0.29, 0.717) is 12.3 Å². The van der Waals surface area contributed by atoms with Gasteiger partial charge in [-0.3, -0.25) is 4.79 Å². The lowest BCUT2D eigenvalue weighted by molar-refractivity contribution is -0.139. The Morgan fingerprint density at radius 1 is 1.42 bits per heavy atom. The van der Waals surface area contributed by atoms with E-state index >= 15 is 0 Å². The van der Waals surface area contributed by atoms with E-state index in [0.717, 1.165) is 38.0 Å². The Morgan fingerprint density at radius 3 is 2.79 bits per heavy atom. The zero-order valence-electron chi connectivity index (χ0n) is 11.5. The standard InChI is InChI=1S/C15H22N2O2/c1-19-15(18)10-13-3-2-4-14(9-13)17-7-5-12(11-16)6-8-17/h2-4,9,12H,5-8,10-11,16H2,1H3. The van der Waals surface area contributed by atoms with Crippen molar-refractivity contribution in [3.8, 4) is 0 Å². The van der Waals surface area contributed by atoms with Crippen molar-refractivity contribution < 1.29 is 9.53 Å². The van der Waals surface area contributed by atoms with Crippen molar-refractivity contribution in [3.63, 3.8) is 0 Å². The van der Waals surface area contributed by atoms with Crippen molar-refractivity contribution >= 4 is 11.7 Å². The van der Waals surface area contributed by atoms with Gasteiger partial charge < -0.3 is 15.4 Å². The number of hydrogen-bond donors (Lipinski definition) is 1. The van der Waals surface area contributed by atoms with Crippen molar-refractivity contribution in [2.45, 2.75) is 19.3 Å². The summed E-state index contributed by atoms with van der Waals surface area (Å²) in [5, 5.41) is 0. The van der Waals surface area contributed by atoms with Gasteiger partial charge in [0.15, 0.2) is 0 Å². The van der Waals surface area contributed by atoms with Crippen LogP contribution < -0.4 is 10.6 Å². The molecule has 1 aromatic rings. The van der Waals surface area contributed by atoms with Gasteiger partial charge in [0.05, 0.1) is 13.5 Å². The lowest BCUT2D eigenvalue weighted by Gasteiger charge is -2.33. The number of carbonyl (C=O) groups excluding carboxylic acids is 1. The van der Waals surface area contributed by atoms with Crippen LogP contribution in [0.15, 0.2) is 24.3 Å². The van der Waals surface area contributed by atoms with Crippen LogP contribution in [0.25, 0.3) is 0 Å². The Labute approximate surface area is 114 Å². The molecule has 0 aliphatic carbocycles. The van der Waals surface area contributed by atoms with Crippen LogP contribution in [0, 0.1) is 5.92 Å². The molecule has 104 valence electrons. The van der Waals surface area contributed by atoms with Crippen molar-refractivity contribution in [2.75, 3.05) is 31.6 Å². The molecule has 0 spiro atoms. The Morgan fingerprint density at radius 2 is 2.16 bits per heavy atom. The van der Waals surface area contributed by atoms with Gasteiger partial charge in [0, 0.05) is 18.8 Å². The molecule has 0 bridgehead atoms. The molecule has 1 aliphatic rings. The highest BCUT2D eigenvalue weighted by atomic mass is 16.5. The number of methoxy groups -OCH3 is 1. The number of nitrogens with two attached hydrogens (primary N) is 1. The maximum atomic E-state index is 11.3. The molecule has 19 heavy (non-hydrogen) atoms. The normalized spacial score (nSPS) is 16.4. The first-order chi connectivity index (χ1) is 9.22. The summed E-state index contributed by atoms with van der Waals surface area (Å²) in [7, 11) is 1.42. The molecular formula is C15H22N2O2. The molecule has 2 N–H and O–H groups in total. The maximum absolute atomic E-state index is 11.3. The Balaban J connectivity index is 2.01. The molecule has 2 rings (SSSR count). The summed E-state index contributed by atoms with van der Waals surface area (Å²) < 4.78 is 4.70. The van der Waals surface area contributed by atoms with E-state index in [1.165, 1.54) is 12.8 Å². The van der Waals surface area contributed by atoms with Gasteiger partial charge in [0.25, 0.3) is 0 Å². The van der Waals surface area contributed by atoms with Crippen LogP contribution in [0.5, 0.6) is 0 Å². The van der Waals surface area contributed by atoms with Crippen molar-refractivity contribution in [2.24, 2.45) is 11.7 Å². The summed E-state index contributed by atoms with van der Waals surface area (Å²) in [4.78, 5) is 13.7. The van der Waals surface area contributed by atoms with Crippen LogP contribution in [0.3, 0.4) is 0 Å². The van der Waals surface area contributed by atoms with Crippen LogP contribution in [0.2, 0.25) is 0 Å². The molecule has 1 saturated heterocycles. The summed E-state index contributed by atoms with van der Waals surface area (Å²) in [6, 6.07) is 8.15. The van der Waals surface area contributed by atoms with Crippen LogP contribution in [-0.2, 0) is 16.0 Å². The summed E-state index contributed by atoms with van der Waals surface area (Å²) >= 11 is 0. The average molecular weight is 262 g/mol. The second kappa shape index (κ2) is 6.57. The molecule has 4 heteroatoms. The molecule has 1 fully saturated rings. The third-order valence-electron chi connectivity index (χ3n) is 3.80. The van der Waals surface area contributed by atoms with E-state index in [4.69, 9.17) is 10.5 Å². The molecule has 0 unspecified atom stereocenters. The SMILES string of the molecule is COC(=O)Cc1cccc(N2CCC(CN)CC2)c1. The van der Waals surface area contributed by atoms with Crippen LogP contribution in [-0.4, -0.2) is 32.7 Å². The molecule has 1 aromatic carbocycles. The highest BCUT2D eigenvalue weighted by Crippen LogP contribution is 2.23. The van der Waals surface area contributed by atoms with Gasteiger partial charge >= 0.3 is 5.97 Å². The van der Waals surface area contributed by atoms with Gasteiger partial charge in [-0.15, -0.1) is 0 Å².